The molecule has 0 amide bonds. The van der Waals surface area contributed by atoms with Gasteiger partial charge in [0.15, 0.2) is 6.23 Å². The molecule has 0 spiro atoms. The van der Waals surface area contributed by atoms with Crippen LogP contribution in [0.15, 0.2) is 17.1 Å². The number of ether oxygens (including phenoxy) is 1. The van der Waals surface area contributed by atoms with E-state index >= 15 is 0 Å². The summed E-state index contributed by atoms with van der Waals surface area (Å²) in [5.41, 5.74) is 4.72. The van der Waals surface area contributed by atoms with Crippen molar-refractivity contribution >= 4 is 5.82 Å². The largest absolute Gasteiger partial charge is 0.394 e. The van der Waals surface area contributed by atoms with Crippen molar-refractivity contribution in [2.45, 2.75) is 18.4 Å². The minimum Gasteiger partial charge on any atom is -0.394 e. The lowest BCUT2D eigenvalue weighted by Crippen LogP contribution is -2.33. The molecule has 2 rings (SSSR count). The van der Waals surface area contributed by atoms with E-state index in [0.717, 1.165) is 4.57 Å². The molecule has 7 heteroatoms. The molecule has 1 fully saturated rings. The Morgan fingerprint density at radius 2 is 2.39 bits per heavy atom. The van der Waals surface area contributed by atoms with Crippen LogP contribution in [0.2, 0.25) is 0 Å². The molecule has 96 valence electrons. The predicted molar refractivity (Wildman–Crippen MR) is 62.2 cm³/mol. The van der Waals surface area contributed by atoms with Crippen molar-refractivity contribution in [3.63, 3.8) is 0 Å². The maximum atomic E-state index is 11.6. The van der Waals surface area contributed by atoms with Crippen LogP contribution in [0.5, 0.6) is 0 Å². The maximum absolute atomic E-state index is 11.6. The van der Waals surface area contributed by atoms with Crippen molar-refractivity contribution in [2.75, 3.05) is 12.3 Å². The lowest BCUT2D eigenvalue weighted by molar-refractivity contribution is -0.0532. The van der Waals surface area contributed by atoms with Gasteiger partial charge >= 0.3 is 5.69 Å². The van der Waals surface area contributed by atoms with Crippen LogP contribution in [0.25, 0.3) is 0 Å². The number of nitrogens with two attached hydrogens (primary N) is 1. The zero-order valence-electron chi connectivity index (χ0n) is 9.43. The molecule has 4 atom stereocenters. The minimum absolute atomic E-state index is 0.0796. The quantitative estimate of drug-likeness (QED) is 0.542. The Bertz CT molecular complexity index is 536. The van der Waals surface area contributed by atoms with E-state index in [1.807, 2.05) is 0 Å². The van der Waals surface area contributed by atoms with Crippen LogP contribution in [-0.4, -0.2) is 38.6 Å². The first kappa shape index (κ1) is 12.6. The highest BCUT2D eigenvalue weighted by molar-refractivity contribution is 5.23. The summed E-state index contributed by atoms with van der Waals surface area (Å²) in [6, 6.07) is 1.41. The lowest BCUT2D eigenvalue weighted by Gasteiger charge is -2.16. The van der Waals surface area contributed by atoms with E-state index in [2.05, 4.69) is 10.9 Å². The van der Waals surface area contributed by atoms with Crippen LogP contribution in [-0.2, 0) is 4.74 Å². The molecule has 18 heavy (non-hydrogen) atoms. The van der Waals surface area contributed by atoms with Gasteiger partial charge in [-0.25, -0.2) is 4.79 Å². The third kappa shape index (κ3) is 1.97. The molecule has 0 bridgehead atoms. The Kier molecular flexibility index (Phi) is 3.34. The van der Waals surface area contributed by atoms with Gasteiger partial charge in [0.05, 0.1) is 18.6 Å². The fourth-order valence-corrected chi connectivity index (χ4v) is 1.95. The fourth-order valence-electron chi connectivity index (χ4n) is 1.95. The second-order valence-electron chi connectivity index (χ2n) is 3.97. The van der Waals surface area contributed by atoms with Crippen molar-refractivity contribution in [3.05, 3.63) is 22.7 Å². The van der Waals surface area contributed by atoms with E-state index in [-0.39, 0.29) is 12.4 Å². The van der Waals surface area contributed by atoms with E-state index < -0.39 is 30.0 Å². The van der Waals surface area contributed by atoms with Gasteiger partial charge in [-0.2, -0.15) is 4.98 Å². The van der Waals surface area contributed by atoms with E-state index in [0.29, 0.717) is 0 Å². The van der Waals surface area contributed by atoms with E-state index in [4.69, 9.17) is 22.0 Å². The molecule has 0 aromatic carbocycles. The number of anilines is 1. The average Bonchev–Trinajstić information content (AvgIpc) is 2.66. The van der Waals surface area contributed by atoms with Gasteiger partial charge in [0.25, 0.3) is 0 Å². The fraction of sp³-hybridized carbons (Fsp3) is 0.455. The number of hydrogen-bond acceptors (Lipinski definition) is 6. The zero-order valence-corrected chi connectivity index (χ0v) is 9.43. The first-order valence-electron chi connectivity index (χ1n) is 5.33. The summed E-state index contributed by atoms with van der Waals surface area (Å²) in [6.07, 6.45) is 3.87. The molecule has 2 heterocycles. The molecular weight excluding hydrogens is 238 g/mol. The maximum Gasteiger partial charge on any atom is 0.351 e. The first-order chi connectivity index (χ1) is 8.58. The Balaban J connectivity index is 2.35. The molecule has 0 saturated carbocycles. The minimum atomic E-state index is -1.09. The van der Waals surface area contributed by atoms with Crippen LogP contribution in [0, 0.1) is 18.3 Å². The molecule has 1 aliphatic heterocycles. The first-order valence-corrected chi connectivity index (χ1v) is 5.33. The Morgan fingerprint density at radius 3 is 2.89 bits per heavy atom. The molecule has 0 aliphatic carbocycles. The monoisotopic (exact) mass is 251 g/mol. The standard InChI is InChI=1S/C11H13N3O4/c1-2-6-7(5-15)18-10(9(6)16)14-4-3-8(12)13-11(14)17/h1,3-4,6-7,9-10,15-16H,5H2,(H2,12,13,17)/t6-,7+,9+,10+/m0/s1. The Hall–Kier alpha value is -1.88. The van der Waals surface area contributed by atoms with Gasteiger partial charge in [-0.05, 0) is 6.07 Å². The second kappa shape index (κ2) is 4.78. The number of aliphatic hydroxyl groups is 2. The molecule has 0 radical (unpaired) electrons. The van der Waals surface area contributed by atoms with Crippen molar-refractivity contribution in [1.82, 2.24) is 9.55 Å². The van der Waals surface area contributed by atoms with Gasteiger partial charge in [0, 0.05) is 6.20 Å². The van der Waals surface area contributed by atoms with Crippen molar-refractivity contribution in [1.29, 1.82) is 0 Å². The van der Waals surface area contributed by atoms with Crippen molar-refractivity contribution in [2.24, 2.45) is 5.92 Å². The highest BCUT2D eigenvalue weighted by Gasteiger charge is 2.43. The Morgan fingerprint density at radius 1 is 1.67 bits per heavy atom. The summed E-state index contributed by atoms with van der Waals surface area (Å²) >= 11 is 0. The van der Waals surface area contributed by atoms with Crippen LogP contribution in [0.1, 0.15) is 6.23 Å². The topological polar surface area (TPSA) is 111 Å². The van der Waals surface area contributed by atoms with Gasteiger partial charge in [0.1, 0.15) is 11.9 Å². The highest BCUT2D eigenvalue weighted by atomic mass is 16.5. The van der Waals surface area contributed by atoms with Gasteiger partial charge in [-0.3, -0.25) is 4.57 Å². The summed E-state index contributed by atoms with van der Waals surface area (Å²) in [7, 11) is 0. The molecule has 1 saturated heterocycles. The summed E-state index contributed by atoms with van der Waals surface area (Å²) in [4.78, 5) is 15.2. The number of rotatable bonds is 2. The zero-order chi connectivity index (χ0) is 13.3. The van der Waals surface area contributed by atoms with Gasteiger partial charge in [-0.1, -0.05) is 5.92 Å². The van der Waals surface area contributed by atoms with Gasteiger partial charge < -0.3 is 20.7 Å². The van der Waals surface area contributed by atoms with E-state index in [9.17, 15) is 9.90 Å². The van der Waals surface area contributed by atoms with Crippen LogP contribution in [0.3, 0.4) is 0 Å². The summed E-state index contributed by atoms with van der Waals surface area (Å²) in [5, 5.41) is 19.1. The summed E-state index contributed by atoms with van der Waals surface area (Å²) in [5.74, 6) is 1.75. The van der Waals surface area contributed by atoms with Gasteiger partial charge in [-0.15, -0.1) is 6.42 Å². The normalized spacial score (nSPS) is 31.2. The van der Waals surface area contributed by atoms with Crippen LogP contribution < -0.4 is 11.4 Å². The number of hydrogen-bond donors (Lipinski definition) is 3. The lowest BCUT2D eigenvalue weighted by atomic mass is 9.99. The molecule has 1 aliphatic rings. The molecule has 4 N–H and O–H groups in total. The summed E-state index contributed by atoms with van der Waals surface area (Å²) < 4.78 is 6.47. The number of nitrogen functional groups attached to an aromatic ring is 1. The van der Waals surface area contributed by atoms with Crippen molar-refractivity contribution < 1.29 is 14.9 Å². The smallest absolute Gasteiger partial charge is 0.351 e. The number of aliphatic hydroxyl groups excluding tert-OH is 2. The van der Waals surface area contributed by atoms with Crippen LogP contribution in [0.4, 0.5) is 5.82 Å². The highest BCUT2D eigenvalue weighted by Crippen LogP contribution is 2.32. The molecule has 1 aromatic heterocycles. The third-order valence-electron chi connectivity index (χ3n) is 2.87. The van der Waals surface area contributed by atoms with Gasteiger partial charge in [0.2, 0.25) is 0 Å². The number of terminal acetylenes is 1. The van der Waals surface area contributed by atoms with E-state index in [1.54, 1.807) is 0 Å². The SMILES string of the molecule is C#C[C@@H]1[C@@H](O)[C@H](n2ccc(N)nc2=O)O[C@@H]1CO. The second-order valence-corrected chi connectivity index (χ2v) is 3.97. The summed E-state index contributed by atoms with van der Waals surface area (Å²) in [6.45, 7) is -0.334. The molecule has 1 aromatic rings. The van der Waals surface area contributed by atoms with Crippen LogP contribution >= 0.6 is 0 Å². The predicted octanol–water partition coefficient (Wildman–Crippen LogP) is -1.67. The number of aromatic nitrogens is 2. The molecule has 7 nitrogen and oxygen atoms in total. The Labute approximate surface area is 103 Å². The number of nitrogens with zero attached hydrogens (tertiary/aromatic N) is 2. The molecule has 0 unspecified atom stereocenters. The average molecular weight is 251 g/mol. The van der Waals surface area contributed by atoms with E-state index in [1.165, 1.54) is 12.3 Å². The van der Waals surface area contributed by atoms with Crippen molar-refractivity contribution in [3.8, 4) is 12.3 Å². The third-order valence-corrected chi connectivity index (χ3v) is 2.87. The molecular formula is C11H13N3O4.